The molecule has 2 heterocycles. The predicted octanol–water partition coefficient (Wildman–Crippen LogP) is 4.77. The summed E-state index contributed by atoms with van der Waals surface area (Å²) in [6.07, 6.45) is 1.75. The van der Waals surface area contributed by atoms with Crippen LogP contribution in [-0.4, -0.2) is 29.3 Å². The quantitative estimate of drug-likeness (QED) is 0.485. The maximum absolute atomic E-state index is 12.4. The van der Waals surface area contributed by atoms with Gasteiger partial charge in [0, 0.05) is 0 Å². The number of ether oxygens (including phenoxy) is 2. The van der Waals surface area contributed by atoms with Crippen molar-refractivity contribution in [2.45, 2.75) is 13.5 Å². The Kier molecular flexibility index (Phi) is 6.50. The number of aryl methyl sites for hydroxylation is 1. The minimum atomic E-state index is -1.14. The number of rotatable bonds is 7. The van der Waals surface area contributed by atoms with E-state index in [0.29, 0.717) is 27.3 Å². The van der Waals surface area contributed by atoms with Gasteiger partial charge in [0.25, 0.3) is 5.91 Å². The zero-order valence-corrected chi connectivity index (χ0v) is 18.6. The first-order valence-electron chi connectivity index (χ1n) is 9.90. The summed E-state index contributed by atoms with van der Waals surface area (Å²) in [7, 11) is 1.51. The van der Waals surface area contributed by atoms with Crippen LogP contribution in [0.15, 0.2) is 68.9 Å². The minimum Gasteiger partial charge on any atom is -0.493 e. The van der Waals surface area contributed by atoms with Gasteiger partial charge in [-0.1, -0.05) is 23.8 Å². The molecule has 0 spiro atoms. The van der Waals surface area contributed by atoms with Crippen molar-refractivity contribution in [3.8, 4) is 11.5 Å². The van der Waals surface area contributed by atoms with Crippen LogP contribution in [0.4, 0.5) is 5.69 Å². The third-order valence-corrected chi connectivity index (χ3v) is 5.55. The summed E-state index contributed by atoms with van der Waals surface area (Å²) in [5, 5.41) is 12.2. The minimum absolute atomic E-state index is 0.0428. The summed E-state index contributed by atoms with van der Waals surface area (Å²) in [6, 6.07) is 15.9. The van der Waals surface area contributed by atoms with Crippen LogP contribution in [0.25, 0.3) is 6.08 Å². The van der Waals surface area contributed by atoms with Crippen LogP contribution in [0.5, 0.6) is 11.5 Å². The molecule has 0 atom stereocenters. The number of hydrogen-bond donors (Lipinski definition) is 2. The van der Waals surface area contributed by atoms with Gasteiger partial charge in [0.15, 0.2) is 16.7 Å². The number of carboxylic acids is 1. The second-order valence-corrected chi connectivity index (χ2v) is 8.12. The molecule has 1 aromatic heterocycles. The number of nitrogens with one attached hydrogen (secondary N) is 1. The highest BCUT2D eigenvalue weighted by atomic mass is 32.2. The highest BCUT2D eigenvalue weighted by Crippen LogP contribution is 2.32. The third-order valence-electron chi connectivity index (χ3n) is 4.64. The molecule has 4 rings (SSSR count). The van der Waals surface area contributed by atoms with E-state index in [1.165, 1.54) is 24.9 Å². The van der Waals surface area contributed by atoms with Crippen LogP contribution in [0.2, 0.25) is 0 Å². The molecule has 168 valence electrons. The number of furan rings is 1. The summed E-state index contributed by atoms with van der Waals surface area (Å²) in [5.74, 6) is -0.223. The average Bonchev–Trinajstić information content (AvgIpc) is 3.41. The van der Waals surface area contributed by atoms with Gasteiger partial charge in [0.2, 0.25) is 5.76 Å². The lowest BCUT2D eigenvalue weighted by Gasteiger charge is -2.10. The molecule has 2 aromatic carbocycles. The zero-order valence-electron chi connectivity index (χ0n) is 17.8. The van der Waals surface area contributed by atoms with E-state index < -0.39 is 5.97 Å². The van der Waals surface area contributed by atoms with Crippen LogP contribution in [0.1, 0.15) is 27.4 Å². The largest absolute Gasteiger partial charge is 0.493 e. The van der Waals surface area contributed by atoms with Gasteiger partial charge in [-0.15, -0.1) is 0 Å². The number of carbonyl (C=O) groups excluding carboxylic acids is 1. The summed E-state index contributed by atoms with van der Waals surface area (Å²) in [6.45, 7) is 2.04. The Morgan fingerprint density at radius 1 is 1.15 bits per heavy atom. The van der Waals surface area contributed by atoms with Gasteiger partial charge in [0.1, 0.15) is 12.4 Å². The molecule has 1 saturated heterocycles. The van der Waals surface area contributed by atoms with Crippen molar-refractivity contribution in [1.29, 1.82) is 0 Å². The van der Waals surface area contributed by atoms with E-state index in [2.05, 4.69) is 10.3 Å². The standard InChI is InChI=1S/C24H20N2O6S/c1-14-3-6-16(7-4-14)25-24-26-22(27)21(33-24)12-15-5-9-18(20(11-15)30-2)31-13-17-8-10-19(32-17)23(28)29/h3-12H,13H2,1-2H3,(H,28,29)(H,25,26,27). The van der Waals surface area contributed by atoms with Crippen LogP contribution in [0.3, 0.4) is 0 Å². The number of amides is 1. The van der Waals surface area contributed by atoms with Gasteiger partial charge in [-0.2, -0.15) is 0 Å². The molecule has 0 bridgehead atoms. The number of aliphatic imine (C=N–C) groups is 1. The first-order chi connectivity index (χ1) is 15.9. The normalized spacial score (nSPS) is 15.6. The van der Waals surface area contributed by atoms with E-state index in [1.807, 2.05) is 31.2 Å². The second-order valence-electron chi connectivity index (χ2n) is 7.09. The molecule has 3 aromatic rings. The van der Waals surface area contributed by atoms with Gasteiger partial charge in [-0.25, -0.2) is 9.79 Å². The Hall–Kier alpha value is -3.98. The molecular formula is C24H20N2O6S. The molecule has 1 aliphatic rings. The fourth-order valence-corrected chi connectivity index (χ4v) is 3.82. The number of thioether (sulfide) groups is 1. The van der Waals surface area contributed by atoms with Crippen molar-refractivity contribution in [1.82, 2.24) is 5.32 Å². The van der Waals surface area contributed by atoms with Crippen molar-refractivity contribution in [2.24, 2.45) is 4.99 Å². The number of amidine groups is 1. The smallest absolute Gasteiger partial charge is 0.371 e. The number of hydrogen-bond acceptors (Lipinski definition) is 7. The number of nitrogens with zero attached hydrogens (tertiary/aromatic N) is 1. The molecule has 0 saturated carbocycles. The van der Waals surface area contributed by atoms with Crippen molar-refractivity contribution < 1.29 is 28.6 Å². The third kappa shape index (κ3) is 5.45. The van der Waals surface area contributed by atoms with E-state index in [9.17, 15) is 9.59 Å². The van der Waals surface area contributed by atoms with Gasteiger partial charge in [-0.05, 0) is 66.7 Å². The molecule has 9 heteroatoms. The Labute approximate surface area is 193 Å². The van der Waals surface area contributed by atoms with Gasteiger partial charge >= 0.3 is 5.97 Å². The molecule has 0 unspecified atom stereocenters. The number of carboxylic acid groups (broad SMARTS) is 1. The topological polar surface area (TPSA) is 110 Å². The van der Waals surface area contributed by atoms with Crippen LogP contribution in [0, 0.1) is 6.92 Å². The van der Waals surface area contributed by atoms with E-state index in [0.717, 1.165) is 16.8 Å². The Bertz CT molecular complexity index is 1260. The average molecular weight is 464 g/mol. The van der Waals surface area contributed by atoms with E-state index in [1.54, 1.807) is 30.3 Å². The molecule has 0 aliphatic carbocycles. The van der Waals surface area contributed by atoms with Crippen LogP contribution in [-0.2, 0) is 11.4 Å². The fraction of sp³-hybridized carbons (Fsp3) is 0.125. The van der Waals surface area contributed by atoms with E-state index in [-0.39, 0.29) is 18.3 Å². The van der Waals surface area contributed by atoms with Gasteiger partial charge in [0.05, 0.1) is 17.7 Å². The Morgan fingerprint density at radius 3 is 2.64 bits per heavy atom. The zero-order chi connectivity index (χ0) is 23.4. The fourth-order valence-electron chi connectivity index (χ4n) is 2.98. The van der Waals surface area contributed by atoms with Crippen molar-refractivity contribution in [3.63, 3.8) is 0 Å². The van der Waals surface area contributed by atoms with Crippen LogP contribution >= 0.6 is 11.8 Å². The van der Waals surface area contributed by atoms with Crippen molar-refractivity contribution >= 4 is 40.6 Å². The summed E-state index contributed by atoms with van der Waals surface area (Å²) < 4.78 is 16.3. The molecule has 2 N–H and O–H groups in total. The van der Waals surface area contributed by atoms with Crippen LogP contribution < -0.4 is 14.8 Å². The lowest BCUT2D eigenvalue weighted by molar-refractivity contribution is -0.115. The predicted molar refractivity (Wildman–Crippen MR) is 125 cm³/mol. The van der Waals surface area contributed by atoms with Gasteiger partial charge in [-0.3, -0.25) is 4.79 Å². The number of benzene rings is 2. The maximum Gasteiger partial charge on any atom is 0.371 e. The SMILES string of the molecule is COc1cc(C=C2SC(=Nc3ccc(C)cc3)NC2=O)ccc1OCc1ccc(C(=O)O)o1. The summed E-state index contributed by atoms with van der Waals surface area (Å²) in [5.41, 5.74) is 2.65. The number of carbonyl (C=O) groups is 2. The van der Waals surface area contributed by atoms with E-state index >= 15 is 0 Å². The molecule has 1 amide bonds. The Morgan fingerprint density at radius 2 is 1.94 bits per heavy atom. The van der Waals surface area contributed by atoms with Gasteiger partial charge < -0.3 is 24.3 Å². The molecular weight excluding hydrogens is 444 g/mol. The molecule has 0 radical (unpaired) electrons. The molecule has 8 nitrogen and oxygen atoms in total. The van der Waals surface area contributed by atoms with Crippen molar-refractivity contribution in [3.05, 3.63) is 82.1 Å². The lowest BCUT2D eigenvalue weighted by Crippen LogP contribution is -2.19. The second kappa shape index (κ2) is 9.66. The summed E-state index contributed by atoms with van der Waals surface area (Å²) in [4.78, 5) is 28.3. The van der Waals surface area contributed by atoms with E-state index in [4.69, 9.17) is 19.0 Å². The maximum atomic E-state index is 12.4. The highest BCUT2D eigenvalue weighted by molar-refractivity contribution is 8.18. The number of aromatic carboxylic acids is 1. The molecule has 33 heavy (non-hydrogen) atoms. The monoisotopic (exact) mass is 464 g/mol. The lowest BCUT2D eigenvalue weighted by atomic mass is 10.2. The number of methoxy groups -OCH3 is 1. The molecule has 1 fully saturated rings. The molecule has 1 aliphatic heterocycles. The highest BCUT2D eigenvalue weighted by Gasteiger charge is 2.24. The first kappa shape index (κ1) is 22.2. The first-order valence-corrected chi connectivity index (χ1v) is 10.7. The summed E-state index contributed by atoms with van der Waals surface area (Å²) >= 11 is 1.26. The Balaban J connectivity index is 1.47. The van der Waals surface area contributed by atoms with Crippen molar-refractivity contribution in [2.75, 3.05) is 7.11 Å².